The highest BCUT2D eigenvalue weighted by Gasteiger charge is 2.31. The van der Waals surface area contributed by atoms with Crippen LogP contribution in [0.3, 0.4) is 0 Å². The second kappa shape index (κ2) is 8.32. The minimum Gasteiger partial charge on any atom is -0.360 e. The highest BCUT2D eigenvalue weighted by atomic mass is 35.5. The molecule has 2 aromatic carbocycles. The van der Waals surface area contributed by atoms with E-state index < -0.39 is 0 Å². The van der Waals surface area contributed by atoms with E-state index in [4.69, 9.17) is 16.1 Å². The minimum atomic E-state index is -0.287. The molecule has 0 bridgehead atoms. The van der Waals surface area contributed by atoms with Gasteiger partial charge in [0.15, 0.2) is 0 Å². The number of amides is 2. The van der Waals surface area contributed by atoms with Crippen LogP contribution in [0.15, 0.2) is 53.1 Å². The number of hydrogen-bond donors (Lipinski definition) is 1. The highest BCUT2D eigenvalue weighted by molar-refractivity contribution is 6.33. The second-order valence-corrected chi connectivity index (χ2v) is 7.97. The maximum absolute atomic E-state index is 12.9. The topological polar surface area (TPSA) is 75.4 Å². The van der Waals surface area contributed by atoms with Gasteiger partial charge in [-0.1, -0.05) is 52.7 Å². The zero-order valence-electron chi connectivity index (χ0n) is 16.8. The molecule has 2 heterocycles. The van der Waals surface area contributed by atoms with E-state index in [0.717, 1.165) is 11.3 Å². The van der Waals surface area contributed by atoms with Gasteiger partial charge in [-0.3, -0.25) is 9.59 Å². The molecule has 1 aliphatic heterocycles. The minimum absolute atomic E-state index is 0.0340. The average molecular weight is 424 g/mol. The molecule has 0 saturated carbocycles. The van der Waals surface area contributed by atoms with Gasteiger partial charge in [-0.25, -0.2) is 0 Å². The largest absolute Gasteiger partial charge is 0.360 e. The first-order chi connectivity index (χ1) is 14.4. The molecule has 1 saturated heterocycles. The van der Waals surface area contributed by atoms with Gasteiger partial charge in [0.1, 0.15) is 17.0 Å². The first-order valence-electron chi connectivity index (χ1n) is 9.80. The zero-order valence-corrected chi connectivity index (χ0v) is 17.6. The van der Waals surface area contributed by atoms with Crippen molar-refractivity contribution in [3.63, 3.8) is 0 Å². The monoisotopic (exact) mass is 423 g/mol. The molecule has 1 N–H and O–H groups in total. The number of anilines is 1. The Labute approximate surface area is 179 Å². The summed E-state index contributed by atoms with van der Waals surface area (Å²) >= 11 is 6.27. The molecule has 1 aliphatic rings. The summed E-state index contributed by atoms with van der Waals surface area (Å²) in [5.74, 6) is 0.235. The summed E-state index contributed by atoms with van der Waals surface area (Å²) in [5, 5.41) is 7.47. The number of rotatable bonds is 5. The molecule has 0 aliphatic carbocycles. The molecule has 154 valence electrons. The van der Waals surface area contributed by atoms with Crippen LogP contribution in [0.4, 0.5) is 5.69 Å². The van der Waals surface area contributed by atoms with Crippen molar-refractivity contribution in [3.8, 4) is 11.3 Å². The number of nitrogens with one attached hydrogen (secondary N) is 1. The summed E-state index contributed by atoms with van der Waals surface area (Å²) in [6.07, 6.45) is 0.397. The lowest BCUT2D eigenvalue weighted by Crippen LogP contribution is -2.31. The van der Waals surface area contributed by atoms with Crippen LogP contribution in [0.1, 0.15) is 28.1 Å². The lowest BCUT2D eigenvalue weighted by molar-refractivity contribution is -0.117. The first kappa shape index (κ1) is 20.2. The van der Waals surface area contributed by atoms with Gasteiger partial charge in [0.25, 0.3) is 5.91 Å². The molecule has 4 rings (SSSR count). The van der Waals surface area contributed by atoms with E-state index in [2.05, 4.69) is 10.5 Å². The Bertz CT molecular complexity index is 1090. The van der Waals surface area contributed by atoms with Crippen molar-refractivity contribution < 1.29 is 14.1 Å². The van der Waals surface area contributed by atoms with Gasteiger partial charge >= 0.3 is 0 Å². The predicted octanol–water partition coefficient (Wildman–Crippen LogP) is 4.39. The molecule has 7 heteroatoms. The Hall–Kier alpha value is -3.12. The molecule has 0 spiro atoms. The molecule has 1 unspecified atom stereocenters. The maximum Gasteiger partial charge on any atom is 0.257 e. The zero-order chi connectivity index (χ0) is 21.3. The van der Waals surface area contributed by atoms with E-state index in [1.54, 1.807) is 24.0 Å². The molecule has 1 atom stereocenters. The van der Waals surface area contributed by atoms with Crippen LogP contribution in [0.25, 0.3) is 11.3 Å². The fourth-order valence-corrected chi connectivity index (χ4v) is 3.92. The summed E-state index contributed by atoms with van der Waals surface area (Å²) in [4.78, 5) is 27.1. The lowest BCUT2D eigenvalue weighted by Gasteiger charge is -2.17. The predicted molar refractivity (Wildman–Crippen MR) is 116 cm³/mol. The number of carbonyl (C=O) groups excluding carboxylic acids is 2. The molecular weight excluding hydrogens is 402 g/mol. The first-order valence-corrected chi connectivity index (χ1v) is 10.2. The third-order valence-corrected chi connectivity index (χ3v) is 5.65. The van der Waals surface area contributed by atoms with Gasteiger partial charge < -0.3 is 14.7 Å². The Morgan fingerprint density at radius 2 is 1.93 bits per heavy atom. The number of aryl methyl sites for hydroxylation is 2. The SMILES string of the molecule is Cc1ccc(N2CC(CNC(=O)c3c(-c4ccccc4Cl)noc3C)CC2=O)cc1. The number of nitrogens with zero attached hydrogens (tertiary/aromatic N) is 2. The number of hydrogen-bond acceptors (Lipinski definition) is 4. The number of halogens is 1. The molecule has 30 heavy (non-hydrogen) atoms. The van der Waals surface area contributed by atoms with Crippen LogP contribution in [0, 0.1) is 19.8 Å². The molecule has 3 aromatic rings. The maximum atomic E-state index is 12.9. The van der Waals surface area contributed by atoms with E-state index in [1.165, 1.54) is 0 Å². The molecule has 2 amide bonds. The van der Waals surface area contributed by atoms with E-state index in [0.29, 0.717) is 47.1 Å². The highest BCUT2D eigenvalue weighted by Crippen LogP contribution is 2.31. The van der Waals surface area contributed by atoms with Gasteiger partial charge in [-0.15, -0.1) is 0 Å². The van der Waals surface area contributed by atoms with Crippen molar-refractivity contribution >= 4 is 29.1 Å². The van der Waals surface area contributed by atoms with Crippen molar-refractivity contribution in [1.82, 2.24) is 10.5 Å². The van der Waals surface area contributed by atoms with Gasteiger partial charge in [0.2, 0.25) is 5.91 Å². The fourth-order valence-electron chi connectivity index (χ4n) is 3.69. The second-order valence-electron chi connectivity index (χ2n) is 7.56. The van der Waals surface area contributed by atoms with Gasteiger partial charge in [0, 0.05) is 36.7 Å². The Kier molecular flexibility index (Phi) is 5.59. The molecule has 1 aromatic heterocycles. The van der Waals surface area contributed by atoms with E-state index in [-0.39, 0.29) is 17.7 Å². The van der Waals surface area contributed by atoms with Gasteiger partial charge in [-0.05, 0) is 32.0 Å². The third-order valence-electron chi connectivity index (χ3n) is 5.32. The Morgan fingerprint density at radius 1 is 1.20 bits per heavy atom. The van der Waals surface area contributed by atoms with Gasteiger partial charge in [-0.2, -0.15) is 0 Å². The van der Waals surface area contributed by atoms with Crippen molar-refractivity contribution in [2.45, 2.75) is 20.3 Å². The van der Waals surface area contributed by atoms with Crippen LogP contribution in [-0.2, 0) is 4.79 Å². The standard InChI is InChI=1S/C23H22ClN3O3/c1-14-7-9-17(10-8-14)27-13-16(11-20(27)28)12-25-23(29)21-15(2)30-26-22(21)18-5-3-4-6-19(18)24/h3-10,16H,11-13H2,1-2H3,(H,25,29). The number of benzene rings is 2. The summed E-state index contributed by atoms with van der Waals surface area (Å²) < 4.78 is 5.27. The molecule has 0 radical (unpaired) electrons. The van der Waals surface area contributed by atoms with Crippen molar-refractivity contribution in [3.05, 3.63) is 70.4 Å². The van der Waals surface area contributed by atoms with Crippen LogP contribution in [0.5, 0.6) is 0 Å². The average Bonchev–Trinajstić information content (AvgIpc) is 3.30. The van der Waals surface area contributed by atoms with E-state index >= 15 is 0 Å². The molecular formula is C23H22ClN3O3. The van der Waals surface area contributed by atoms with Crippen molar-refractivity contribution in [2.75, 3.05) is 18.0 Å². The van der Waals surface area contributed by atoms with Crippen LogP contribution < -0.4 is 10.2 Å². The summed E-state index contributed by atoms with van der Waals surface area (Å²) in [6, 6.07) is 15.1. The summed E-state index contributed by atoms with van der Waals surface area (Å²) in [6.45, 7) is 4.67. The quantitative estimate of drug-likeness (QED) is 0.660. The smallest absolute Gasteiger partial charge is 0.257 e. The Balaban J connectivity index is 1.45. The normalized spacial score (nSPS) is 16.2. The van der Waals surface area contributed by atoms with Crippen molar-refractivity contribution in [1.29, 1.82) is 0 Å². The molecule has 6 nitrogen and oxygen atoms in total. The Morgan fingerprint density at radius 3 is 2.67 bits per heavy atom. The van der Waals surface area contributed by atoms with Crippen molar-refractivity contribution in [2.24, 2.45) is 5.92 Å². The van der Waals surface area contributed by atoms with Crippen LogP contribution in [-0.4, -0.2) is 30.1 Å². The lowest BCUT2D eigenvalue weighted by atomic mass is 10.0. The van der Waals surface area contributed by atoms with E-state index in [1.807, 2.05) is 43.3 Å². The van der Waals surface area contributed by atoms with E-state index in [9.17, 15) is 9.59 Å². The van der Waals surface area contributed by atoms with Crippen LogP contribution in [0.2, 0.25) is 5.02 Å². The summed E-state index contributed by atoms with van der Waals surface area (Å²) in [5.41, 5.74) is 3.45. The number of carbonyl (C=O) groups is 2. The fraction of sp³-hybridized carbons (Fsp3) is 0.261. The van der Waals surface area contributed by atoms with Gasteiger partial charge in [0.05, 0.1) is 5.02 Å². The molecule has 1 fully saturated rings. The van der Waals surface area contributed by atoms with Crippen LogP contribution >= 0.6 is 11.6 Å². The third kappa shape index (κ3) is 3.96. The summed E-state index contributed by atoms with van der Waals surface area (Å²) in [7, 11) is 0. The number of aromatic nitrogens is 1.